The Morgan fingerprint density at radius 1 is 1.09 bits per heavy atom. The molecule has 1 N–H and O–H groups in total. The molecule has 2 bridgehead atoms. The van der Waals surface area contributed by atoms with Crippen LogP contribution in [0.15, 0.2) is 36.4 Å². The number of halogens is 3. The SMILES string of the molecule is CC(C)c1ccc(-c2cc(C(F)(F)F)n3nc(C(=O)NC4C[C@H]5CC[C@H](C4)N5C)cc3n2)cc1. The van der Waals surface area contributed by atoms with Crippen LogP contribution in [0.5, 0.6) is 0 Å². The van der Waals surface area contributed by atoms with Gasteiger partial charge in [-0.1, -0.05) is 38.1 Å². The highest BCUT2D eigenvalue weighted by Gasteiger charge is 2.39. The number of aromatic nitrogens is 3. The van der Waals surface area contributed by atoms with Gasteiger partial charge in [0, 0.05) is 29.8 Å². The second-order valence-electron chi connectivity index (χ2n) is 9.79. The minimum atomic E-state index is -4.65. The number of nitrogens with zero attached hydrogens (tertiary/aromatic N) is 4. The van der Waals surface area contributed by atoms with E-state index < -0.39 is 17.8 Å². The number of carbonyl (C=O) groups excluding carboxylic acids is 1. The van der Waals surface area contributed by atoms with Crippen LogP contribution < -0.4 is 5.32 Å². The molecule has 0 aliphatic carbocycles. The number of fused-ring (bicyclic) bond motifs is 3. The molecule has 2 aromatic heterocycles. The van der Waals surface area contributed by atoms with Gasteiger partial charge in [0.25, 0.3) is 5.91 Å². The Kier molecular flexibility index (Phi) is 5.62. The summed E-state index contributed by atoms with van der Waals surface area (Å²) in [4.78, 5) is 19.7. The van der Waals surface area contributed by atoms with E-state index in [9.17, 15) is 18.0 Å². The van der Waals surface area contributed by atoms with Crippen LogP contribution in [0.2, 0.25) is 0 Å². The van der Waals surface area contributed by atoms with Gasteiger partial charge in [-0.15, -0.1) is 0 Å². The number of hydrogen-bond donors (Lipinski definition) is 1. The molecule has 4 heterocycles. The quantitative estimate of drug-likeness (QED) is 0.588. The summed E-state index contributed by atoms with van der Waals surface area (Å²) in [5, 5.41) is 6.99. The molecule has 2 saturated heterocycles. The second-order valence-corrected chi connectivity index (χ2v) is 9.79. The molecule has 3 aromatic rings. The minimum absolute atomic E-state index is 0.00362. The Morgan fingerprint density at radius 2 is 1.74 bits per heavy atom. The van der Waals surface area contributed by atoms with Crippen molar-refractivity contribution < 1.29 is 18.0 Å². The molecule has 5 rings (SSSR count). The lowest BCUT2D eigenvalue weighted by Gasteiger charge is -2.36. The van der Waals surface area contributed by atoms with Crippen molar-refractivity contribution in [3.8, 4) is 11.3 Å². The highest BCUT2D eigenvalue weighted by molar-refractivity contribution is 5.93. The molecule has 34 heavy (non-hydrogen) atoms. The van der Waals surface area contributed by atoms with Crippen LogP contribution in [0.1, 0.15) is 67.2 Å². The maximum absolute atomic E-state index is 13.9. The van der Waals surface area contributed by atoms with Crippen molar-refractivity contribution in [3.05, 3.63) is 53.3 Å². The third-order valence-corrected chi connectivity index (χ3v) is 7.26. The van der Waals surface area contributed by atoms with Crippen LogP contribution in [-0.2, 0) is 6.18 Å². The normalized spacial score (nSPS) is 23.1. The summed E-state index contributed by atoms with van der Waals surface area (Å²) in [6, 6.07) is 10.5. The number of piperidine rings is 1. The molecule has 0 saturated carbocycles. The van der Waals surface area contributed by atoms with E-state index in [-0.39, 0.29) is 23.1 Å². The van der Waals surface area contributed by atoms with E-state index in [0.717, 1.165) is 41.8 Å². The van der Waals surface area contributed by atoms with Gasteiger partial charge in [0.15, 0.2) is 17.0 Å². The molecular formula is C25H28F3N5O. The van der Waals surface area contributed by atoms with Crippen LogP contribution in [0.3, 0.4) is 0 Å². The summed E-state index contributed by atoms with van der Waals surface area (Å²) >= 11 is 0. The summed E-state index contributed by atoms with van der Waals surface area (Å²) < 4.78 is 42.4. The van der Waals surface area contributed by atoms with Crippen molar-refractivity contribution in [2.45, 2.75) is 69.8 Å². The van der Waals surface area contributed by atoms with Crippen molar-refractivity contribution >= 4 is 11.6 Å². The zero-order valence-corrected chi connectivity index (χ0v) is 19.4. The summed E-state index contributed by atoms with van der Waals surface area (Å²) in [6.45, 7) is 4.10. The first-order chi connectivity index (χ1) is 16.1. The molecule has 2 fully saturated rings. The third kappa shape index (κ3) is 4.17. The number of carbonyl (C=O) groups is 1. The average Bonchev–Trinajstić information content (AvgIpc) is 3.29. The lowest BCUT2D eigenvalue weighted by Crippen LogP contribution is -2.48. The highest BCUT2D eigenvalue weighted by atomic mass is 19.4. The Hall–Kier alpha value is -2.94. The number of hydrogen-bond acceptors (Lipinski definition) is 4. The third-order valence-electron chi connectivity index (χ3n) is 7.26. The largest absolute Gasteiger partial charge is 0.433 e. The van der Waals surface area contributed by atoms with Crippen LogP contribution in [0.4, 0.5) is 13.2 Å². The zero-order chi connectivity index (χ0) is 24.2. The molecule has 0 unspecified atom stereocenters. The van der Waals surface area contributed by atoms with Crippen LogP contribution >= 0.6 is 0 Å². The van der Waals surface area contributed by atoms with Gasteiger partial charge in [0.05, 0.1) is 5.69 Å². The number of benzene rings is 1. The fourth-order valence-corrected chi connectivity index (χ4v) is 5.26. The predicted octanol–water partition coefficient (Wildman–Crippen LogP) is 4.89. The van der Waals surface area contributed by atoms with E-state index in [2.05, 4.69) is 41.2 Å². The van der Waals surface area contributed by atoms with Gasteiger partial charge >= 0.3 is 6.18 Å². The van der Waals surface area contributed by atoms with Gasteiger partial charge in [-0.2, -0.15) is 18.3 Å². The van der Waals surface area contributed by atoms with Gasteiger partial charge in [-0.25, -0.2) is 9.50 Å². The number of rotatable bonds is 4. The minimum Gasteiger partial charge on any atom is -0.348 e. The first-order valence-electron chi connectivity index (χ1n) is 11.7. The molecule has 0 radical (unpaired) electrons. The second kappa shape index (κ2) is 8.37. The molecule has 180 valence electrons. The molecule has 1 aromatic carbocycles. The standard InChI is InChI=1S/C25H28F3N5O/c1-14(2)15-4-6-16(7-5-15)20-12-22(25(26,27)28)33-23(30-20)13-21(31-33)24(34)29-17-10-18-8-9-19(11-17)32(18)3/h4-7,12-14,17-19H,8-11H2,1-3H3,(H,29,34)/t18-,19-/m1/s1. The fourth-order valence-electron chi connectivity index (χ4n) is 5.26. The van der Waals surface area contributed by atoms with E-state index in [1.54, 1.807) is 12.1 Å². The van der Waals surface area contributed by atoms with E-state index >= 15 is 0 Å². The molecule has 2 aliphatic rings. The monoisotopic (exact) mass is 471 g/mol. The molecular weight excluding hydrogens is 443 g/mol. The van der Waals surface area contributed by atoms with Crippen LogP contribution in [-0.4, -0.2) is 50.6 Å². The van der Waals surface area contributed by atoms with Gasteiger partial charge in [0.2, 0.25) is 0 Å². The smallest absolute Gasteiger partial charge is 0.348 e. The van der Waals surface area contributed by atoms with Gasteiger partial charge in [0.1, 0.15) is 0 Å². The summed E-state index contributed by atoms with van der Waals surface area (Å²) in [6.07, 6.45) is -0.743. The number of nitrogens with one attached hydrogen (secondary N) is 1. The first kappa shape index (κ1) is 22.8. The molecule has 9 heteroatoms. The van der Waals surface area contributed by atoms with Gasteiger partial charge in [-0.05, 0) is 50.3 Å². The molecule has 2 aliphatic heterocycles. The summed E-state index contributed by atoms with van der Waals surface area (Å²) in [5.74, 6) is -0.152. The van der Waals surface area contributed by atoms with E-state index in [4.69, 9.17) is 0 Å². The lowest BCUT2D eigenvalue weighted by molar-refractivity contribution is -0.142. The Balaban J connectivity index is 1.46. The zero-order valence-electron chi connectivity index (χ0n) is 19.4. The van der Waals surface area contributed by atoms with Crippen molar-refractivity contribution in [1.82, 2.24) is 24.8 Å². The molecule has 6 nitrogen and oxygen atoms in total. The Bertz CT molecular complexity index is 1200. The maximum Gasteiger partial charge on any atom is 0.433 e. The number of amides is 1. The van der Waals surface area contributed by atoms with Gasteiger partial charge in [-0.3, -0.25) is 4.79 Å². The topological polar surface area (TPSA) is 62.5 Å². The highest BCUT2D eigenvalue weighted by Crippen LogP contribution is 2.35. The molecule has 1 amide bonds. The van der Waals surface area contributed by atoms with Crippen LogP contribution in [0.25, 0.3) is 16.9 Å². The Morgan fingerprint density at radius 3 is 2.32 bits per heavy atom. The molecule has 0 spiro atoms. The van der Waals surface area contributed by atoms with Crippen molar-refractivity contribution in [2.75, 3.05) is 7.05 Å². The number of alkyl halides is 3. The summed E-state index contributed by atoms with van der Waals surface area (Å²) in [5.41, 5.74) is 0.826. The average molecular weight is 472 g/mol. The molecule has 2 atom stereocenters. The van der Waals surface area contributed by atoms with Gasteiger partial charge < -0.3 is 10.2 Å². The van der Waals surface area contributed by atoms with E-state index in [1.807, 2.05) is 12.1 Å². The Labute approximate surface area is 196 Å². The van der Waals surface area contributed by atoms with E-state index in [0.29, 0.717) is 23.6 Å². The predicted molar refractivity (Wildman–Crippen MR) is 123 cm³/mol. The van der Waals surface area contributed by atoms with E-state index in [1.165, 1.54) is 6.07 Å². The fraction of sp³-hybridized carbons (Fsp3) is 0.480. The van der Waals surface area contributed by atoms with Crippen molar-refractivity contribution in [1.29, 1.82) is 0 Å². The van der Waals surface area contributed by atoms with Crippen molar-refractivity contribution in [2.24, 2.45) is 0 Å². The van der Waals surface area contributed by atoms with Crippen molar-refractivity contribution in [3.63, 3.8) is 0 Å². The van der Waals surface area contributed by atoms with Crippen LogP contribution in [0, 0.1) is 0 Å². The first-order valence-corrected chi connectivity index (χ1v) is 11.7. The maximum atomic E-state index is 13.9. The summed E-state index contributed by atoms with van der Waals surface area (Å²) in [7, 11) is 2.11. The lowest BCUT2D eigenvalue weighted by atomic mass is 9.98.